The van der Waals surface area contributed by atoms with Gasteiger partial charge in [0.15, 0.2) is 0 Å². The molecule has 1 atom stereocenters. The lowest BCUT2D eigenvalue weighted by Gasteiger charge is -2.08. The van der Waals surface area contributed by atoms with Gasteiger partial charge in [-0.05, 0) is 12.0 Å². The minimum atomic E-state index is -0.289. The highest BCUT2D eigenvalue weighted by molar-refractivity contribution is 5.23. The monoisotopic (exact) mass is 177 g/mol. The van der Waals surface area contributed by atoms with Crippen molar-refractivity contribution < 1.29 is 5.11 Å². The molecule has 1 aromatic carbocycles. The van der Waals surface area contributed by atoms with E-state index >= 15 is 0 Å². The number of hydrogen-bond acceptors (Lipinski definition) is 1. The fourth-order valence-corrected chi connectivity index (χ4v) is 1.28. The molecule has 0 heterocycles. The molecule has 0 fully saturated rings. The first-order chi connectivity index (χ1) is 6.33. The predicted molar refractivity (Wildman–Crippen MR) is 55.4 cm³/mol. The molecule has 13 heavy (non-hydrogen) atoms. The van der Waals surface area contributed by atoms with Gasteiger partial charge in [0.1, 0.15) is 0 Å². The molecule has 1 rings (SSSR count). The van der Waals surface area contributed by atoms with Crippen LogP contribution in [-0.4, -0.2) is 11.2 Å². The van der Waals surface area contributed by atoms with Gasteiger partial charge in [0.25, 0.3) is 0 Å². The van der Waals surface area contributed by atoms with Gasteiger partial charge in [0.2, 0.25) is 0 Å². The molecular formula is C12H17O. The van der Waals surface area contributed by atoms with Crippen molar-refractivity contribution in [2.45, 2.75) is 32.3 Å². The number of benzene rings is 1. The van der Waals surface area contributed by atoms with Crippen molar-refractivity contribution >= 4 is 0 Å². The van der Waals surface area contributed by atoms with Gasteiger partial charge < -0.3 is 5.11 Å². The first kappa shape index (κ1) is 10.3. The van der Waals surface area contributed by atoms with E-state index in [4.69, 9.17) is 0 Å². The van der Waals surface area contributed by atoms with Gasteiger partial charge in [0.05, 0.1) is 6.10 Å². The van der Waals surface area contributed by atoms with Gasteiger partial charge in [-0.1, -0.05) is 50.1 Å². The minimum Gasteiger partial charge on any atom is -0.392 e. The Morgan fingerprint density at radius 2 is 2.00 bits per heavy atom. The lowest BCUT2D eigenvalue weighted by molar-refractivity contribution is 0.196. The van der Waals surface area contributed by atoms with Crippen LogP contribution in [0.4, 0.5) is 0 Å². The quantitative estimate of drug-likeness (QED) is 0.733. The zero-order valence-electron chi connectivity index (χ0n) is 8.11. The number of aliphatic hydroxyl groups is 1. The third-order valence-corrected chi connectivity index (χ3v) is 2.04. The lowest BCUT2D eigenvalue weighted by Crippen LogP contribution is -2.07. The molecule has 1 unspecified atom stereocenters. The van der Waals surface area contributed by atoms with Crippen LogP contribution in [0.2, 0.25) is 0 Å². The lowest BCUT2D eigenvalue weighted by atomic mass is 10.0. The third kappa shape index (κ3) is 4.09. The topological polar surface area (TPSA) is 20.2 Å². The van der Waals surface area contributed by atoms with E-state index in [2.05, 4.69) is 6.92 Å². The maximum Gasteiger partial charge on any atom is 0.0615 e. The fraction of sp³-hybridized carbons (Fsp3) is 0.417. The number of hydrogen-bond donors (Lipinski definition) is 1. The van der Waals surface area contributed by atoms with E-state index in [-0.39, 0.29) is 6.10 Å². The molecule has 1 nitrogen and oxygen atoms in total. The molecule has 0 saturated carbocycles. The maximum atomic E-state index is 9.58. The third-order valence-electron chi connectivity index (χ3n) is 2.04. The molecule has 0 saturated heterocycles. The summed E-state index contributed by atoms with van der Waals surface area (Å²) in [6.45, 7) is 2.13. The largest absolute Gasteiger partial charge is 0.392 e. The molecule has 0 aromatic heterocycles. The first-order valence-corrected chi connectivity index (χ1v) is 4.91. The van der Waals surface area contributed by atoms with E-state index in [0.29, 0.717) is 0 Å². The second-order valence-corrected chi connectivity index (χ2v) is 3.29. The molecule has 1 radical (unpaired) electrons. The number of aliphatic hydroxyl groups excluding tert-OH is 1. The van der Waals surface area contributed by atoms with Crippen molar-refractivity contribution in [2.75, 3.05) is 0 Å². The van der Waals surface area contributed by atoms with Gasteiger partial charge in [-0.2, -0.15) is 0 Å². The van der Waals surface area contributed by atoms with Crippen molar-refractivity contribution in [2.24, 2.45) is 0 Å². The molecule has 0 bridgehead atoms. The van der Waals surface area contributed by atoms with Gasteiger partial charge in [-0.15, -0.1) is 0 Å². The normalized spacial score (nSPS) is 12.8. The summed E-state index contributed by atoms with van der Waals surface area (Å²) in [7, 11) is 0. The van der Waals surface area contributed by atoms with Crippen LogP contribution in [0.3, 0.4) is 0 Å². The Hall–Kier alpha value is -0.820. The van der Waals surface area contributed by atoms with E-state index in [9.17, 15) is 5.11 Å². The van der Waals surface area contributed by atoms with Crippen LogP contribution >= 0.6 is 0 Å². The second kappa shape index (κ2) is 5.76. The Balaban J connectivity index is 2.32. The summed E-state index contributed by atoms with van der Waals surface area (Å²) >= 11 is 0. The summed E-state index contributed by atoms with van der Waals surface area (Å²) in [5, 5.41) is 9.58. The molecule has 0 aliphatic rings. The molecule has 71 valence electrons. The minimum absolute atomic E-state index is 0.289. The maximum absolute atomic E-state index is 9.58. The van der Waals surface area contributed by atoms with Crippen LogP contribution < -0.4 is 0 Å². The van der Waals surface area contributed by atoms with E-state index < -0.39 is 0 Å². The van der Waals surface area contributed by atoms with Crippen LogP contribution in [0.1, 0.15) is 31.7 Å². The summed E-state index contributed by atoms with van der Waals surface area (Å²) in [5.41, 5.74) is 1.10. The summed E-state index contributed by atoms with van der Waals surface area (Å²) in [6.07, 6.45) is 4.72. The molecule has 1 heteroatoms. The van der Waals surface area contributed by atoms with Crippen LogP contribution in [0.15, 0.2) is 30.3 Å². The van der Waals surface area contributed by atoms with Crippen LogP contribution in [0.25, 0.3) is 0 Å². The zero-order chi connectivity index (χ0) is 9.52. The van der Waals surface area contributed by atoms with Crippen molar-refractivity contribution in [1.82, 2.24) is 0 Å². The second-order valence-electron chi connectivity index (χ2n) is 3.29. The first-order valence-electron chi connectivity index (χ1n) is 4.91. The predicted octanol–water partition coefficient (Wildman–Crippen LogP) is 2.79. The molecular weight excluding hydrogens is 160 g/mol. The van der Waals surface area contributed by atoms with Gasteiger partial charge >= 0.3 is 0 Å². The Morgan fingerprint density at radius 1 is 1.31 bits per heavy atom. The molecule has 0 spiro atoms. The molecule has 0 aliphatic carbocycles. The van der Waals surface area contributed by atoms with Crippen molar-refractivity contribution in [3.05, 3.63) is 42.3 Å². The highest BCUT2D eigenvalue weighted by atomic mass is 16.3. The van der Waals surface area contributed by atoms with E-state index in [1.54, 1.807) is 0 Å². The average Bonchev–Trinajstić information content (AvgIpc) is 2.16. The summed E-state index contributed by atoms with van der Waals surface area (Å²) < 4.78 is 0. The fourth-order valence-electron chi connectivity index (χ4n) is 1.28. The summed E-state index contributed by atoms with van der Waals surface area (Å²) in [4.78, 5) is 0. The van der Waals surface area contributed by atoms with Gasteiger partial charge in [-0.25, -0.2) is 0 Å². The van der Waals surface area contributed by atoms with Crippen LogP contribution in [0, 0.1) is 6.42 Å². The zero-order valence-corrected chi connectivity index (χ0v) is 8.11. The van der Waals surface area contributed by atoms with Gasteiger partial charge in [-0.3, -0.25) is 0 Å². The Bertz CT molecular complexity index is 218. The molecule has 0 aliphatic heterocycles. The van der Waals surface area contributed by atoms with E-state index in [1.165, 1.54) is 0 Å². The number of rotatable bonds is 5. The molecule has 1 N–H and O–H groups in total. The van der Waals surface area contributed by atoms with E-state index in [1.807, 2.05) is 36.8 Å². The standard InChI is InChI=1S/C12H17O/c1-2-3-9-12(13)10-11-7-5-4-6-8-11/h4-8,10,12-13H,2-3,9H2,1H3. The number of unbranched alkanes of at least 4 members (excludes halogenated alkanes) is 1. The van der Waals surface area contributed by atoms with Crippen molar-refractivity contribution in [3.63, 3.8) is 0 Å². The molecule has 0 amide bonds. The van der Waals surface area contributed by atoms with Crippen molar-refractivity contribution in [1.29, 1.82) is 0 Å². The highest BCUT2D eigenvalue weighted by Crippen LogP contribution is 2.10. The molecule has 1 aromatic rings. The Morgan fingerprint density at radius 3 is 2.62 bits per heavy atom. The SMILES string of the molecule is CCCCC(O)[CH]c1ccccc1. The average molecular weight is 177 g/mol. The van der Waals surface area contributed by atoms with Crippen LogP contribution in [-0.2, 0) is 0 Å². The summed E-state index contributed by atoms with van der Waals surface area (Å²) in [5.74, 6) is 0. The smallest absolute Gasteiger partial charge is 0.0615 e. The van der Waals surface area contributed by atoms with Crippen molar-refractivity contribution in [3.8, 4) is 0 Å². The van der Waals surface area contributed by atoms with Crippen LogP contribution in [0.5, 0.6) is 0 Å². The Labute approximate surface area is 80.4 Å². The van der Waals surface area contributed by atoms with Gasteiger partial charge in [0, 0.05) is 6.42 Å². The summed E-state index contributed by atoms with van der Waals surface area (Å²) in [6, 6.07) is 9.97. The Kier molecular flexibility index (Phi) is 4.55. The highest BCUT2D eigenvalue weighted by Gasteiger charge is 2.04. The van der Waals surface area contributed by atoms with E-state index in [0.717, 1.165) is 24.8 Å².